The van der Waals surface area contributed by atoms with Gasteiger partial charge in [-0.05, 0) is 18.9 Å². The van der Waals surface area contributed by atoms with Crippen molar-refractivity contribution in [2.24, 2.45) is 0 Å². The minimum atomic E-state index is -1.29. The van der Waals surface area contributed by atoms with Gasteiger partial charge in [0.1, 0.15) is 0 Å². The van der Waals surface area contributed by atoms with Gasteiger partial charge in [0.15, 0.2) is 11.6 Å². The number of nitrogens with zero attached hydrogens (tertiary/aromatic N) is 1. The van der Waals surface area contributed by atoms with E-state index in [-0.39, 0.29) is 24.8 Å². The zero-order valence-electron chi connectivity index (χ0n) is 8.65. The lowest BCUT2D eigenvalue weighted by Crippen LogP contribution is -2.01. The minimum Gasteiger partial charge on any atom is -0.481 e. The van der Waals surface area contributed by atoms with Crippen LogP contribution in [0.4, 0.5) is 14.5 Å². The zero-order chi connectivity index (χ0) is 13.0. The summed E-state index contributed by atoms with van der Waals surface area (Å²) >= 11 is 0. The van der Waals surface area contributed by atoms with E-state index in [1.807, 2.05) is 0 Å². The molecule has 0 heterocycles. The van der Waals surface area contributed by atoms with Crippen LogP contribution in [0.5, 0.6) is 0 Å². The van der Waals surface area contributed by atoms with Crippen molar-refractivity contribution in [1.82, 2.24) is 0 Å². The molecule has 0 aromatic heterocycles. The summed E-state index contributed by atoms with van der Waals surface area (Å²) in [5.74, 6) is -3.52. The molecule has 0 saturated heterocycles. The third kappa shape index (κ3) is 3.47. The first-order chi connectivity index (χ1) is 7.91. The van der Waals surface area contributed by atoms with Gasteiger partial charge in [-0.2, -0.15) is 0 Å². The summed E-state index contributed by atoms with van der Waals surface area (Å²) in [6.07, 6.45) is -0.0444. The van der Waals surface area contributed by atoms with Gasteiger partial charge in [0.25, 0.3) is 5.69 Å². The Balaban J connectivity index is 2.92. The molecule has 0 amide bonds. The molecule has 7 heteroatoms. The van der Waals surface area contributed by atoms with E-state index in [0.717, 1.165) is 6.07 Å². The van der Waals surface area contributed by atoms with Crippen molar-refractivity contribution < 1.29 is 23.6 Å². The maximum Gasteiger partial charge on any atom is 0.303 e. The van der Waals surface area contributed by atoms with E-state index in [4.69, 9.17) is 5.11 Å². The van der Waals surface area contributed by atoms with Crippen LogP contribution in [0.3, 0.4) is 0 Å². The predicted octanol–water partition coefficient (Wildman–Crippen LogP) is 2.28. The SMILES string of the molecule is O=C(O)CCCc1cc(F)c(F)cc1[N+](=O)[O-]. The number of nitro benzene ring substituents is 1. The zero-order valence-corrected chi connectivity index (χ0v) is 8.65. The molecule has 1 aromatic rings. The molecule has 1 rings (SSSR count). The predicted molar refractivity (Wildman–Crippen MR) is 53.6 cm³/mol. The summed E-state index contributed by atoms with van der Waals surface area (Å²) < 4.78 is 25.7. The monoisotopic (exact) mass is 245 g/mol. The Hall–Kier alpha value is -2.05. The molecule has 0 saturated carbocycles. The normalized spacial score (nSPS) is 10.2. The molecule has 0 fully saturated rings. The molecule has 1 N–H and O–H groups in total. The van der Waals surface area contributed by atoms with Gasteiger partial charge >= 0.3 is 5.97 Å². The second kappa shape index (κ2) is 5.33. The van der Waals surface area contributed by atoms with Gasteiger partial charge in [0.2, 0.25) is 0 Å². The van der Waals surface area contributed by atoms with E-state index < -0.39 is 28.2 Å². The van der Waals surface area contributed by atoms with Crippen LogP contribution < -0.4 is 0 Å². The highest BCUT2D eigenvalue weighted by Gasteiger charge is 2.18. The molecule has 1 aromatic carbocycles. The highest BCUT2D eigenvalue weighted by Crippen LogP contribution is 2.23. The Morgan fingerprint density at radius 2 is 1.94 bits per heavy atom. The molecule has 0 aliphatic heterocycles. The number of halogens is 2. The standard InChI is InChI=1S/C10H9F2NO4/c11-7-4-6(2-1-3-10(14)15)9(13(16)17)5-8(7)12/h4-5H,1-3H2,(H,14,15). The van der Waals surface area contributed by atoms with E-state index in [0.29, 0.717) is 6.07 Å². The first-order valence-corrected chi connectivity index (χ1v) is 4.76. The van der Waals surface area contributed by atoms with Gasteiger partial charge in [-0.15, -0.1) is 0 Å². The Bertz CT molecular complexity index is 462. The van der Waals surface area contributed by atoms with Crippen LogP contribution in [0.15, 0.2) is 12.1 Å². The summed E-state index contributed by atoms with van der Waals surface area (Å²) in [5, 5.41) is 19.0. The summed E-state index contributed by atoms with van der Waals surface area (Å²) in [6.45, 7) is 0. The molecule has 5 nitrogen and oxygen atoms in total. The number of nitro groups is 1. The largest absolute Gasteiger partial charge is 0.481 e. The Kier molecular flexibility index (Phi) is 4.08. The fourth-order valence-corrected chi connectivity index (χ4v) is 1.38. The molecule has 0 atom stereocenters. The van der Waals surface area contributed by atoms with E-state index in [1.54, 1.807) is 0 Å². The van der Waals surface area contributed by atoms with Gasteiger partial charge < -0.3 is 5.11 Å². The van der Waals surface area contributed by atoms with Crippen molar-refractivity contribution in [3.63, 3.8) is 0 Å². The Morgan fingerprint density at radius 3 is 2.47 bits per heavy atom. The third-order valence-corrected chi connectivity index (χ3v) is 2.16. The molecule has 0 aliphatic carbocycles. The van der Waals surface area contributed by atoms with Crippen molar-refractivity contribution in [3.05, 3.63) is 39.4 Å². The van der Waals surface area contributed by atoms with Crippen molar-refractivity contribution >= 4 is 11.7 Å². The fourth-order valence-electron chi connectivity index (χ4n) is 1.38. The van der Waals surface area contributed by atoms with Crippen molar-refractivity contribution in [3.8, 4) is 0 Å². The van der Waals surface area contributed by atoms with Crippen LogP contribution in [0, 0.1) is 21.7 Å². The lowest BCUT2D eigenvalue weighted by atomic mass is 10.1. The maximum absolute atomic E-state index is 12.9. The number of carbonyl (C=O) groups is 1. The number of rotatable bonds is 5. The van der Waals surface area contributed by atoms with Crippen LogP contribution in [-0.2, 0) is 11.2 Å². The number of hydrogen-bond donors (Lipinski definition) is 1. The number of carboxylic acids is 1. The fraction of sp³-hybridized carbons (Fsp3) is 0.300. The molecule has 0 unspecified atom stereocenters. The molecule has 0 spiro atoms. The lowest BCUT2D eigenvalue weighted by Gasteiger charge is -2.03. The van der Waals surface area contributed by atoms with Gasteiger partial charge in [0.05, 0.1) is 11.0 Å². The second-order valence-electron chi connectivity index (χ2n) is 3.40. The van der Waals surface area contributed by atoms with Crippen LogP contribution in [0.2, 0.25) is 0 Å². The smallest absolute Gasteiger partial charge is 0.303 e. The highest BCUT2D eigenvalue weighted by atomic mass is 19.2. The van der Waals surface area contributed by atoms with Crippen molar-refractivity contribution in [2.45, 2.75) is 19.3 Å². The van der Waals surface area contributed by atoms with Crippen LogP contribution in [0.1, 0.15) is 18.4 Å². The number of carboxylic acid groups (broad SMARTS) is 1. The van der Waals surface area contributed by atoms with Gasteiger partial charge in [-0.1, -0.05) is 0 Å². The third-order valence-electron chi connectivity index (χ3n) is 2.16. The molecule has 0 radical (unpaired) electrons. The van der Waals surface area contributed by atoms with E-state index in [1.165, 1.54) is 0 Å². The second-order valence-corrected chi connectivity index (χ2v) is 3.40. The summed E-state index contributed by atoms with van der Waals surface area (Å²) in [4.78, 5) is 20.0. The van der Waals surface area contributed by atoms with Crippen molar-refractivity contribution in [1.29, 1.82) is 0 Å². The summed E-state index contributed by atoms with van der Waals surface area (Å²) in [7, 11) is 0. The summed E-state index contributed by atoms with van der Waals surface area (Å²) in [5.41, 5.74) is -0.538. The van der Waals surface area contributed by atoms with E-state index >= 15 is 0 Å². The highest BCUT2D eigenvalue weighted by molar-refractivity contribution is 5.66. The number of benzene rings is 1. The molecule has 0 aliphatic rings. The average molecular weight is 245 g/mol. The maximum atomic E-state index is 12.9. The molecule has 92 valence electrons. The lowest BCUT2D eigenvalue weighted by molar-refractivity contribution is -0.385. The van der Waals surface area contributed by atoms with Crippen LogP contribution in [0.25, 0.3) is 0 Å². The van der Waals surface area contributed by atoms with Crippen LogP contribution >= 0.6 is 0 Å². The quantitative estimate of drug-likeness (QED) is 0.637. The number of hydrogen-bond acceptors (Lipinski definition) is 3. The topological polar surface area (TPSA) is 80.4 Å². The van der Waals surface area contributed by atoms with Crippen molar-refractivity contribution in [2.75, 3.05) is 0 Å². The van der Waals surface area contributed by atoms with E-state index in [2.05, 4.69) is 0 Å². The average Bonchev–Trinajstić information content (AvgIpc) is 2.22. The molecular formula is C10H9F2NO4. The minimum absolute atomic E-state index is 0.00449. The Labute approximate surface area is 94.8 Å². The molecule has 17 heavy (non-hydrogen) atoms. The van der Waals surface area contributed by atoms with Gasteiger partial charge in [0, 0.05) is 12.0 Å². The van der Waals surface area contributed by atoms with Crippen LogP contribution in [-0.4, -0.2) is 16.0 Å². The van der Waals surface area contributed by atoms with E-state index in [9.17, 15) is 23.7 Å². The van der Waals surface area contributed by atoms with Gasteiger partial charge in [-0.3, -0.25) is 14.9 Å². The number of aryl methyl sites for hydroxylation is 1. The first-order valence-electron chi connectivity index (χ1n) is 4.76. The molecular weight excluding hydrogens is 236 g/mol. The Morgan fingerprint density at radius 1 is 1.35 bits per heavy atom. The molecule has 0 bridgehead atoms. The summed E-state index contributed by atoms with van der Waals surface area (Å²) in [6, 6.07) is 1.24. The first kappa shape index (κ1) is 13.0. The number of aliphatic carboxylic acids is 1. The van der Waals surface area contributed by atoms with Gasteiger partial charge in [-0.25, -0.2) is 8.78 Å².